The van der Waals surface area contributed by atoms with Crippen LogP contribution in [0.4, 0.5) is 5.13 Å². The Labute approximate surface area is 170 Å². The summed E-state index contributed by atoms with van der Waals surface area (Å²) in [5.74, 6) is 0.0106. The number of nitrogens with one attached hydrogen (secondary N) is 1. The van der Waals surface area contributed by atoms with Gasteiger partial charge in [-0.2, -0.15) is 0 Å². The van der Waals surface area contributed by atoms with Gasteiger partial charge < -0.3 is 19.9 Å². The van der Waals surface area contributed by atoms with Crippen LogP contribution in [-0.4, -0.2) is 67.4 Å². The number of nitrogens with zero attached hydrogens (tertiary/aromatic N) is 3. The number of carbonyl (C=O) groups excluding carboxylic acids is 2. The Bertz CT molecular complexity index is 800. The maximum Gasteiger partial charge on any atom is 0.258 e. The van der Waals surface area contributed by atoms with Gasteiger partial charge >= 0.3 is 0 Å². The number of hydrogen-bond acceptors (Lipinski definition) is 6. The van der Waals surface area contributed by atoms with Crippen molar-refractivity contribution in [1.29, 1.82) is 0 Å². The van der Waals surface area contributed by atoms with Gasteiger partial charge in [0.1, 0.15) is 12.3 Å². The van der Waals surface area contributed by atoms with E-state index in [1.54, 1.807) is 23.1 Å². The molecular formula is C20H28N4O3S. The second kappa shape index (κ2) is 10.2. The van der Waals surface area contributed by atoms with Crippen molar-refractivity contribution in [3.05, 3.63) is 40.4 Å². The number of aryl methyl sites for hydroxylation is 2. The van der Waals surface area contributed by atoms with Crippen molar-refractivity contribution < 1.29 is 14.3 Å². The summed E-state index contributed by atoms with van der Waals surface area (Å²) in [5, 5.41) is 3.35. The average Bonchev–Trinajstić information content (AvgIpc) is 2.96. The van der Waals surface area contributed by atoms with Gasteiger partial charge in [0.05, 0.1) is 18.4 Å². The molecule has 0 aliphatic rings. The maximum absolute atomic E-state index is 13.1. The molecule has 0 saturated heterocycles. The van der Waals surface area contributed by atoms with Crippen LogP contribution in [0.15, 0.2) is 24.3 Å². The Morgan fingerprint density at radius 3 is 2.50 bits per heavy atom. The van der Waals surface area contributed by atoms with Gasteiger partial charge in [0.2, 0.25) is 5.91 Å². The molecule has 0 atom stereocenters. The SMILES string of the molecule is COc1ccccc1C(=O)N(CCCN(C)C)CC(=O)Nc1nc(C)c(C)s1. The molecule has 0 radical (unpaired) electrons. The minimum atomic E-state index is -0.262. The highest BCUT2D eigenvalue weighted by atomic mass is 32.1. The van der Waals surface area contributed by atoms with E-state index in [1.165, 1.54) is 18.4 Å². The number of thiazole rings is 1. The lowest BCUT2D eigenvalue weighted by Gasteiger charge is -2.23. The number of benzene rings is 1. The van der Waals surface area contributed by atoms with Gasteiger partial charge in [-0.15, -0.1) is 11.3 Å². The highest BCUT2D eigenvalue weighted by Gasteiger charge is 2.22. The molecule has 0 aliphatic carbocycles. The van der Waals surface area contributed by atoms with E-state index in [0.717, 1.165) is 23.5 Å². The third-order valence-electron chi connectivity index (χ3n) is 4.27. The quantitative estimate of drug-likeness (QED) is 0.696. The molecule has 0 spiro atoms. The van der Waals surface area contributed by atoms with E-state index < -0.39 is 0 Å². The fourth-order valence-corrected chi connectivity index (χ4v) is 3.51. The first kappa shape index (κ1) is 21.8. The molecule has 0 unspecified atom stereocenters. The van der Waals surface area contributed by atoms with Crippen LogP contribution in [0, 0.1) is 13.8 Å². The predicted molar refractivity (Wildman–Crippen MR) is 112 cm³/mol. The first-order valence-corrected chi connectivity index (χ1v) is 9.94. The Kier molecular flexibility index (Phi) is 7.95. The number of hydrogen-bond donors (Lipinski definition) is 1. The molecule has 7 nitrogen and oxygen atoms in total. The van der Waals surface area contributed by atoms with E-state index in [9.17, 15) is 9.59 Å². The molecule has 1 N–H and O–H groups in total. The third-order valence-corrected chi connectivity index (χ3v) is 5.26. The first-order valence-electron chi connectivity index (χ1n) is 9.12. The number of rotatable bonds is 9. The average molecular weight is 405 g/mol. The second-order valence-corrected chi connectivity index (χ2v) is 8.00. The molecule has 0 fully saturated rings. The summed E-state index contributed by atoms with van der Waals surface area (Å²) in [6, 6.07) is 7.05. The van der Waals surface area contributed by atoms with E-state index in [4.69, 9.17) is 4.74 Å². The largest absolute Gasteiger partial charge is 0.496 e. The van der Waals surface area contributed by atoms with Crippen LogP contribution >= 0.6 is 11.3 Å². The minimum absolute atomic E-state index is 0.0397. The number of anilines is 1. The predicted octanol–water partition coefficient (Wildman–Crippen LogP) is 2.80. The van der Waals surface area contributed by atoms with Crippen molar-refractivity contribution in [1.82, 2.24) is 14.8 Å². The standard InChI is InChI=1S/C20H28N4O3S/c1-14-15(2)28-20(21-14)22-18(25)13-24(12-8-11-23(3)4)19(26)16-9-6-7-10-17(16)27-5/h6-7,9-10H,8,11-13H2,1-5H3,(H,21,22,25). The number of para-hydroxylation sites is 1. The summed E-state index contributed by atoms with van der Waals surface area (Å²) >= 11 is 1.43. The zero-order valence-corrected chi connectivity index (χ0v) is 17.9. The van der Waals surface area contributed by atoms with E-state index >= 15 is 0 Å². The summed E-state index contributed by atoms with van der Waals surface area (Å²) in [7, 11) is 5.49. The summed E-state index contributed by atoms with van der Waals surface area (Å²) in [6.45, 7) is 5.12. The van der Waals surface area contributed by atoms with Crippen molar-refractivity contribution in [3.8, 4) is 5.75 Å². The lowest BCUT2D eigenvalue weighted by Crippen LogP contribution is -2.39. The molecule has 2 amide bonds. The Hall–Kier alpha value is -2.45. The summed E-state index contributed by atoms with van der Waals surface area (Å²) in [5.41, 5.74) is 1.34. The molecule has 28 heavy (non-hydrogen) atoms. The molecule has 2 rings (SSSR count). The van der Waals surface area contributed by atoms with Gasteiger partial charge in [-0.3, -0.25) is 9.59 Å². The van der Waals surface area contributed by atoms with Gasteiger partial charge in [-0.05, 0) is 53.0 Å². The van der Waals surface area contributed by atoms with Crippen LogP contribution in [0.1, 0.15) is 27.3 Å². The normalized spacial score (nSPS) is 10.8. The lowest BCUT2D eigenvalue weighted by atomic mass is 10.1. The highest BCUT2D eigenvalue weighted by Crippen LogP contribution is 2.22. The summed E-state index contributed by atoms with van der Waals surface area (Å²) in [4.78, 5) is 34.6. The third kappa shape index (κ3) is 6.03. The number of carbonyl (C=O) groups is 2. The Morgan fingerprint density at radius 1 is 1.18 bits per heavy atom. The number of amides is 2. The molecule has 1 heterocycles. The first-order chi connectivity index (χ1) is 13.3. The minimum Gasteiger partial charge on any atom is -0.496 e. The fourth-order valence-electron chi connectivity index (χ4n) is 2.68. The zero-order chi connectivity index (χ0) is 20.7. The van der Waals surface area contributed by atoms with Gasteiger partial charge in [-0.1, -0.05) is 12.1 Å². The van der Waals surface area contributed by atoms with E-state index in [2.05, 4.69) is 10.3 Å². The molecule has 1 aromatic heterocycles. The Morgan fingerprint density at radius 2 is 1.89 bits per heavy atom. The van der Waals surface area contributed by atoms with Crippen LogP contribution in [0.25, 0.3) is 0 Å². The topological polar surface area (TPSA) is 74.8 Å². The second-order valence-electron chi connectivity index (χ2n) is 6.79. The molecular weight excluding hydrogens is 376 g/mol. The van der Waals surface area contributed by atoms with Crippen molar-refractivity contribution in [3.63, 3.8) is 0 Å². The van der Waals surface area contributed by atoms with Gasteiger partial charge in [-0.25, -0.2) is 4.98 Å². The van der Waals surface area contributed by atoms with Crippen molar-refractivity contribution >= 4 is 28.3 Å². The summed E-state index contributed by atoms with van der Waals surface area (Å²) < 4.78 is 5.31. The number of methoxy groups -OCH3 is 1. The van der Waals surface area contributed by atoms with Crippen molar-refractivity contribution in [2.75, 3.05) is 46.2 Å². The van der Waals surface area contributed by atoms with E-state index in [-0.39, 0.29) is 18.4 Å². The van der Waals surface area contributed by atoms with Crippen LogP contribution < -0.4 is 10.1 Å². The smallest absolute Gasteiger partial charge is 0.258 e. The van der Waals surface area contributed by atoms with Gasteiger partial charge in [0, 0.05) is 11.4 Å². The molecule has 152 valence electrons. The van der Waals surface area contributed by atoms with Gasteiger partial charge in [0.25, 0.3) is 5.91 Å². The molecule has 8 heteroatoms. The van der Waals surface area contributed by atoms with Crippen LogP contribution in [-0.2, 0) is 4.79 Å². The van der Waals surface area contributed by atoms with Crippen molar-refractivity contribution in [2.24, 2.45) is 0 Å². The molecule has 0 saturated carbocycles. The van der Waals surface area contributed by atoms with E-state index in [0.29, 0.717) is 23.0 Å². The fraction of sp³-hybridized carbons (Fsp3) is 0.450. The maximum atomic E-state index is 13.1. The van der Waals surface area contributed by atoms with Crippen LogP contribution in [0.3, 0.4) is 0 Å². The van der Waals surface area contributed by atoms with Crippen LogP contribution in [0.2, 0.25) is 0 Å². The lowest BCUT2D eigenvalue weighted by molar-refractivity contribution is -0.116. The molecule has 0 bridgehead atoms. The van der Waals surface area contributed by atoms with Gasteiger partial charge in [0.15, 0.2) is 5.13 Å². The van der Waals surface area contributed by atoms with Crippen LogP contribution in [0.5, 0.6) is 5.75 Å². The number of ether oxygens (including phenoxy) is 1. The summed E-state index contributed by atoms with van der Waals surface area (Å²) in [6.07, 6.45) is 0.761. The Balaban J connectivity index is 2.13. The van der Waals surface area contributed by atoms with Crippen molar-refractivity contribution in [2.45, 2.75) is 20.3 Å². The highest BCUT2D eigenvalue weighted by molar-refractivity contribution is 7.15. The number of aromatic nitrogens is 1. The molecule has 2 aromatic rings. The zero-order valence-electron chi connectivity index (χ0n) is 17.1. The van der Waals surface area contributed by atoms with E-state index in [1.807, 2.05) is 38.9 Å². The monoisotopic (exact) mass is 404 g/mol. The molecule has 0 aliphatic heterocycles. The molecule has 1 aromatic carbocycles.